The van der Waals surface area contributed by atoms with Crippen molar-refractivity contribution in [2.24, 2.45) is 0 Å². The van der Waals surface area contributed by atoms with Crippen molar-refractivity contribution in [3.05, 3.63) is 56.7 Å². The van der Waals surface area contributed by atoms with Crippen molar-refractivity contribution in [1.82, 2.24) is 9.71 Å². The van der Waals surface area contributed by atoms with Crippen LogP contribution in [-0.2, 0) is 16.6 Å². The minimum Gasteiger partial charge on any atom is -0.242 e. The molecule has 1 aromatic heterocycles. The fourth-order valence-corrected chi connectivity index (χ4v) is 3.23. The highest BCUT2D eigenvalue weighted by atomic mass is 79.9. The van der Waals surface area contributed by atoms with Crippen LogP contribution in [0.5, 0.6) is 0 Å². The van der Waals surface area contributed by atoms with E-state index in [1.165, 1.54) is 6.07 Å². The molecule has 1 N–H and O–H groups in total. The van der Waals surface area contributed by atoms with Crippen LogP contribution in [-0.4, -0.2) is 13.4 Å². The number of benzene rings is 1. The van der Waals surface area contributed by atoms with Crippen LogP contribution in [0.15, 0.2) is 45.9 Å². The molecule has 2 rings (SSSR count). The van der Waals surface area contributed by atoms with Crippen molar-refractivity contribution in [2.75, 3.05) is 0 Å². The van der Waals surface area contributed by atoms with Crippen molar-refractivity contribution < 1.29 is 8.42 Å². The fraction of sp³-hybridized carbons (Fsp3) is 0.0833. The fourth-order valence-electron chi connectivity index (χ4n) is 1.46. The van der Waals surface area contributed by atoms with Gasteiger partial charge in [0.15, 0.2) is 0 Å². The van der Waals surface area contributed by atoms with Gasteiger partial charge >= 0.3 is 0 Å². The predicted octanol–water partition coefficient (Wildman–Crippen LogP) is 3.63. The van der Waals surface area contributed by atoms with E-state index >= 15 is 0 Å². The molecule has 2 aromatic rings. The lowest BCUT2D eigenvalue weighted by molar-refractivity contribution is 0.581. The van der Waals surface area contributed by atoms with Crippen molar-refractivity contribution in [1.29, 1.82) is 0 Å². The topological polar surface area (TPSA) is 59.1 Å². The minimum absolute atomic E-state index is 0.0260. The highest BCUT2D eigenvalue weighted by molar-refractivity contribution is 9.10. The number of pyridine rings is 1. The van der Waals surface area contributed by atoms with E-state index in [4.69, 9.17) is 23.2 Å². The van der Waals surface area contributed by atoms with E-state index in [-0.39, 0.29) is 21.6 Å². The largest absolute Gasteiger partial charge is 0.242 e. The Hall–Kier alpha value is -0.660. The summed E-state index contributed by atoms with van der Waals surface area (Å²) in [4.78, 5) is 3.69. The number of aromatic nitrogens is 1. The highest BCUT2D eigenvalue weighted by Crippen LogP contribution is 2.22. The van der Waals surface area contributed by atoms with Crippen LogP contribution in [0.2, 0.25) is 10.2 Å². The van der Waals surface area contributed by atoms with Gasteiger partial charge in [-0.1, -0.05) is 51.3 Å². The highest BCUT2D eigenvalue weighted by Gasteiger charge is 2.16. The Bertz CT molecular complexity index is 738. The van der Waals surface area contributed by atoms with E-state index < -0.39 is 10.0 Å². The van der Waals surface area contributed by atoms with Gasteiger partial charge in [0.25, 0.3) is 0 Å². The summed E-state index contributed by atoms with van der Waals surface area (Å²) < 4.78 is 27.5. The van der Waals surface area contributed by atoms with Crippen LogP contribution in [0.25, 0.3) is 0 Å². The van der Waals surface area contributed by atoms with Gasteiger partial charge in [-0.05, 0) is 23.8 Å². The molecule has 20 heavy (non-hydrogen) atoms. The number of sulfonamides is 1. The third-order valence-corrected chi connectivity index (χ3v) is 4.98. The average Bonchev–Trinajstić information content (AvgIpc) is 2.40. The van der Waals surface area contributed by atoms with E-state index in [2.05, 4.69) is 25.6 Å². The molecule has 0 spiro atoms. The quantitative estimate of drug-likeness (QED) is 0.804. The summed E-state index contributed by atoms with van der Waals surface area (Å²) >= 11 is 14.7. The predicted molar refractivity (Wildman–Crippen MR) is 82.4 cm³/mol. The molecule has 0 bridgehead atoms. The van der Waals surface area contributed by atoms with E-state index in [9.17, 15) is 8.42 Å². The monoisotopic (exact) mass is 394 g/mol. The summed E-state index contributed by atoms with van der Waals surface area (Å²) in [7, 11) is -3.68. The van der Waals surface area contributed by atoms with Gasteiger partial charge < -0.3 is 0 Å². The zero-order valence-electron chi connectivity index (χ0n) is 9.98. The third-order valence-electron chi connectivity index (χ3n) is 2.44. The number of rotatable bonds is 4. The van der Waals surface area contributed by atoms with E-state index in [0.717, 1.165) is 16.2 Å². The molecule has 0 aliphatic carbocycles. The Morgan fingerprint density at radius 1 is 1.25 bits per heavy atom. The molecular weight excluding hydrogens is 387 g/mol. The van der Waals surface area contributed by atoms with Crippen LogP contribution in [0, 0.1) is 0 Å². The Balaban J connectivity index is 2.17. The molecule has 0 radical (unpaired) electrons. The normalized spacial score (nSPS) is 11.6. The second kappa shape index (κ2) is 6.41. The Morgan fingerprint density at radius 3 is 2.65 bits per heavy atom. The van der Waals surface area contributed by atoms with Crippen LogP contribution in [0.4, 0.5) is 0 Å². The maximum absolute atomic E-state index is 12.1. The SMILES string of the molecule is O=S(=O)(NCc1cccc(Br)c1)c1cnc(Cl)c(Cl)c1. The second-order valence-corrected chi connectivity index (χ2v) is 7.35. The number of nitrogens with one attached hydrogen (secondary N) is 1. The Morgan fingerprint density at radius 2 is 2.00 bits per heavy atom. The summed E-state index contributed by atoms with van der Waals surface area (Å²) in [6, 6.07) is 8.60. The Kier molecular flexibility index (Phi) is 5.04. The van der Waals surface area contributed by atoms with Crippen LogP contribution in [0.3, 0.4) is 0 Å². The maximum Gasteiger partial charge on any atom is 0.242 e. The summed E-state index contributed by atoms with van der Waals surface area (Å²) in [5.41, 5.74) is 0.830. The first-order chi connectivity index (χ1) is 9.38. The molecule has 0 saturated carbocycles. The molecular formula is C12H9BrCl2N2O2S. The maximum atomic E-state index is 12.1. The van der Waals surface area contributed by atoms with Gasteiger partial charge in [0, 0.05) is 17.2 Å². The molecule has 1 aromatic carbocycles. The van der Waals surface area contributed by atoms with Gasteiger partial charge in [0.1, 0.15) is 10.0 Å². The zero-order valence-corrected chi connectivity index (χ0v) is 13.9. The molecule has 0 unspecified atom stereocenters. The van der Waals surface area contributed by atoms with Gasteiger partial charge in [-0.3, -0.25) is 0 Å². The molecule has 0 aliphatic rings. The molecule has 0 saturated heterocycles. The van der Waals surface area contributed by atoms with Gasteiger partial charge in [0.05, 0.1) is 5.02 Å². The summed E-state index contributed by atoms with van der Waals surface area (Å²) in [6.07, 6.45) is 1.16. The molecule has 8 heteroatoms. The molecule has 0 aliphatic heterocycles. The summed E-state index contributed by atoms with van der Waals surface area (Å²) in [6.45, 7) is 0.169. The molecule has 106 valence electrons. The molecule has 1 heterocycles. The number of halogens is 3. The van der Waals surface area contributed by atoms with Crippen molar-refractivity contribution in [2.45, 2.75) is 11.4 Å². The average molecular weight is 396 g/mol. The van der Waals surface area contributed by atoms with Crippen molar-refractivity contribution in [3.63, 3.8) is 0 Å². The number of hydrogen-bond donors (Lipinski definition) is 1. The first kappa shape index (κ1) is 15.7. The van der Waals surface area contributed by atoms with E-state index in [1.54, 1.807) is 0 Å². The zero-order chi connectivity index (χ0) is 14.8. The first-order valence-corrected chi connectivity index (χ1v) is 8.47. The lowest BCUT2D eigenvalue weighted by Crippen LogP contribution is -2.23. The van der Waals surface area contributed by atoms with Gasteiger partial charge in [-0.2, -0.15) is 0 Å². The van der Waals surface area contributed by atoms with Crippen LogP contribution in [0.1, 0.15) is 5.56 Å². The molecule has 4 nitrogen and oxygen atoms in total. The third kappa shape index (κ3) is 3.93. The smallest absolute Gasteiger partial charge is 0.242 e. The molecule has 0 atom stereocenters. The first-order valence-electron chi connectivity index (χ1n) is 5.43. The minimum atomic E-state index is -3.68. The Labute approximate surface area is 135 Å². The van der Waals surface area contributed by atoms with Crippen molar-refractivity contribution >= 4 is 49.2 Å². The van der Waals surface area contributed by atoms with Gasteiger partial charge in [-0.15, -0.1) is 0 Å². The lowest BCUT2D eigenvalue weighted by Gasteiger charge is -2.07. The van der Waals surface area contributed by atoms with Crippen molar-refractivity contribution in [3.8, 4) is 0 Å². The summed E-state index contributed by atoms with van der Waals surface area (Å²) in [5.74, 6) is 0. The van der Waals surface area contributed by atoms with Crippen LogP contribution >= 0.6 is 39.1 Å². The van der Waals surface area contributed by atoms with Gasteiger partial charge in [0.2, 0.25) is 10.0 Å². The number of nitrogens with zero attached hydrogens (tertiary/aromatic N) is 1. The van der Waals surface area contributed by atoms with Crippen LogP contribution < -0.4 is 4.72 Å². The standard InChI is InChI=1S/C12H9BrCl2N2O2S/c13-9-3-1-2-8(4-9)6-17-20(18,19)10-5-11(14)12(15)16-7-10/h1-5,7,17H,6H2. The van der Waals surface area contributed by atoms with E-state index in [1.807, 2.05) is 24.3 Å². The van der Waals surface area contributed by atoms with Gasteiger partial charge in [-0.25, -0.2) is 18.1 Å². The van der Waals surface area contributed by atoms with E-state index in [0.29, 0.717) is 0 Å². The molecule has 0 fully saturated rings. The second-order valence-electron chi connectivity index (χ2n) is 3.90. The number of hydrogen-bond acceptors (Lipinski definition) is 3. The lowest BCUT2D eigenvalue weighted by atomic mass is 10.2. The molecule has 0 amide bonds. The summed E-state index contributed by atoms with van der Waals surface area (Å²) in [5, 5.41) is 0.162.